The zero-order chi connectivity index (χ0) is 13.8. The van der Waals surface area contributed by atoms with E-state index >= 15 is 0 Å². The molecule has 1 saturated carbocycles. The smallest absolute Gasteiger partial charge is 0.269 e. The molecule has 0 radical (unpaired) electrons. The normalized spacial score (nSPS) is 23.3. The van der Waals surface area contributed by atoms with Crippen LogP contribution >= 0.6 is 11.6 Å². The first-order valence-corrected chi connectivity index (χ1v) is 7.49. The second kappa shape index (κ2) is 6.42. The molecule has 5 heteroatoms. The molecule has 106 valence electrons. The van der Waals surface area contributed by atoms with Crippen LogP contribution in [0, 0.1) is 5.92 Å². The van der Waals surface area contributed by atoms with Crippen LogP contribution in [0.25, 0.3) is 0 Å². The van der Waals surface area contributed by atoms with E-state index in [4.69, 9.17) is 11.6 Å². The molecule has 2 rings (SSSR count). The monoisotopic (exact) mass is 283 g/mol. The van der Waals surface area contributed by atoms with Crippen molar-refractivity contribution in [3.05, 3.63) is 17.5 Å². The third kappa shape index (κ3) is 3.72. The Morgan fingerprint density at radius 3 is 2.74 bits per heavy atom. The number of hydrogen-bond donors (Lipinski definition) is 1. The predicted octanol–water partition coefficient (Wildman–Crippen LogP) is 2.51. The highest BCUT2D eigenvalue weighted by Gasteiger charge is 2.20. The fourth-order valence-corrected chi connectivity index (χ4v) is 2.82. The number of hydrogen-bond acceptors (Lipinski definition) is 2. The second-order valence-electron chi connectivity index (χ2n) is 5.33. The van der Waals surface area contributed by atoms with Crippen molar-refractivity contribution >= 4 is 17.5 Å². The standard InChI is InChI=1S/C14H22ClN3O/c1-3-12-8-13(18(2)17-12)14(19)16-9-10-4-6-11(15)7-5-10/h8,10-11H,3-7,9H2,1-2H3,(H,16,19). The van der Waals surface area contributed by atoms with Gasteiger partial charge < -0.3 is 5.32 Å². The Morgan fingerprint density at radius 2 is 2.16 bits per heavy atom. The van der Waals surface area contributed by atoms with Crippen molar-refractivity contribution in [1.82, 2.24) is 15.1 Å². The van der Waals surface area contributed by atoms with Crippen molar-refractivity contribution in [1.29, 1.82) is 0 Å². The average molecular weight is 284 g/mol. The maximum atomic E-state index is 12.1. The number of alkyl halides is 1. The van der Waals surface area contributed by atoms with E-state index in [-0.39, 0.29) is 5.91 Å². The molecule has 0 aromatic carbocycles. The Morgan fingerprint density at radius 1 is 1.47 bits per heavy atom. The van der Waals surface area contributed by atoms with Crippen LogP contribution in [0.3, 0.4) is 0 Å². The highest BCUT2D eigenvalue weighted by molar-refractivity contribution is 6.20. The Bertz CT molecular complexity index is 436. The van der Waals surface area contributed by atoms with Gasteiger partial charge in [0.05, 0.1) is 5.69 Å². The number of amides is 1. The number of rotatable bonds is 4. The topological polar surface area (TPSA) is 46.9 Å². The molecular weight excluding hydrogens is 262 g/mol. The van der Waals surface area contributed by atoms with Gasteiger partial charge in [-0.15, -0.1) is 11.6 Å². The molecule has 1 fully saturated rings. The van der Waals surface area contributed by atoms with Gasteiger partial charge in [-0.25, -0.2) is 0 Å². The van der Waals surface area contributed by atoms with Crippen molar-refractivity contribution < 1.29 is 4.79 Å². The third-order valence-corrected chi connectivity index (χ3v) is 4.29. The zero-order valence-corrected chi connectivity index (χ0v) is 12.4. The van der Waals surface area contributed by atoms with E-state index in [9.17, 15) is 4.79 Å². The van der Waals surface area contributed by atoms with Gasteiger partial charge in [0.25, 0.3) is 5.91 Å². The maximum Gasteiger partial charge on any atom is 0.269 e. The van der Waals surface area contributed by atoms with Gasteiger partial charge in [0.2, 0.25) is 0 Å². The molecule has 0 aliphatic heterocycles. The number of aromatic nitrogens is 2. The minimum absolute atomic E-state index is 0.0253. The van der Waals surface area contributed by atoms with E-state index in [0.717, 1.165) is 44.3 Å². The lowest BCUT2D eigenvalue weighted by atomic mass is 9.89. The molecule has 1 amide bonds. The molecule has 1 aliphatic carbocycles. The summed E-state index contributed by atoms with van der Waals surface area (Å²) in [5, 5.41) is 7.64. The van der Waals surface area contributed by atoms with E-state index in [1.807, 2.05) is 20.0 Å². The summed E-state index contributed by atoms with van der Waals surface area (Å²) < 4.78 is 1.66. The SMILES string of the molecule is CCc1cc(C(=O)NCC2CCC(Cl)CC2)n(C)n1. The van der Waals surface area contributed by atoms with E-state index in [0.29, 0.717) is 17.0 Å². The molecule has 19 heavy (non-hydrogen) atoms. The number of carbonyl (C=O) groups excluding carboxylic acids is 1. The molecule has 1 aromatic heterocycles. The highest BCUT2D eigenvalue weighted by Crippen LogP contribution is 2.26. The molecule has 4 nitrogen and oxygen atoms in total. The quantitative estimate of drug-likeness (QED) is 0.863. The Labute approximate surface area is 119 Å². The Balaban J connectivity index is 1.85. The van der Waals surface area contributed by atoms with Crippen molar-refractivity contribution in [3.8, 4) is 0 Å². The fourth-order valence-electron chi connectivity index (χ4n) is 2.57. The molecule has 0 bridgehead atoms. The molecule has 1 aliphatic rings. The van der Waals surface area contributed by atoms with Crippen LogP contribution in [0.2, 0.25) is 0 Å². The first kappa shape index (κ1) is 14.4. The van der Waals surface area contributed by atoms with Crippen LogP contribution in [0.15, 0.2) is 6.07 Å². The first-order chi connectivity index (χ1) is 9.10. The summed E-state index contributed by atoms with van der Waals surface area (Å²) in [4.78, 5) is 12.1. The minimum atomic E-state index is -0.0253. The lowest BCUT2D eigenvalue weighted by Crippen LogP contribution is -2.32. The van der Waals surface area contributed by atoms with Crippen LogP contribution in [0.5, 0.6) is 0 Å². The highest BCUT2D eigenvalue weighted by atomic mass is 35.5. The summed E-state index contributed by atoms with van der Waals surface area (Å²) in [5.74, 6) is 0.542. The van der Waals surface area contributed by atoms with Gasteiger partial charge in [-0.1, -0.05) is 6.92 Å². The van der Waals surface area contributed by atoms with Crippen molar-refractivity contribution in [2.75, 3.05) is 6.54 Å². The van der Waals surface area contributed by atoms with Gasteiger partial charge in [0, 0.05) is 19.0 Å². The molecule has 0 saturated heterocycles. The van der Waals surface area contributed by atoms with Crippen LogP contribution in [-0.2, 0) is 13.5 Å². The summed E-state index contributed by atoms with van der Waals surface area (Å²) >= 11 is 6.08. The summed E-state index contributed by atoms with van der Waals surface area (Å²) in [7, 11) is 1.81. The number of nitrogens with zero attached hydrogens (tertiary/aromatic N) is 2. The van der Waals surface area contributed by atoms with E-state index in [1.165, 1.54) is 0 Å². The summed E-state index contributed by atoms with van der Waals surface area (Å²) in [5.41, 5.74) is 1.60. The van der Waals surface area contributed by atoms with Gasteiger partial charge in [0.1, 0.15) is 5.69 Å². The molecule has 0 unspecified atom stereocenters. The molecule has 0 atom stereocenters. The molecule has 1 aromatic rings. The van der Waals surface area contributed by atoms with E-state index in [1.54, 1.807) is 4.68 Å². The second-order valence-corrected chi connectivity index (χ2v) is 5.94. The van der Waals surface area contributed by atoms with Crippen molar-refractivity contribution in [3.63, 3.8) is 0 Å². The van der Waals surface area contributed by atoms with Crippen LogP contribution in [0.1, 0.15) is 48.8 Å². The average Bonchev–Trinajstić information content (AvgIpc) is 2.79. The maximum absolute atomic E-state index is 12.1. The van der Waals surface area contributed by atoms with Gasteiger partial charge in [-0.2, -0.15) is 5.10 Å². The van der Waals surface area contributed by atoms with E-state index in [2.05, 4.69) is 10.4 Å². The fraction of sp³-hybridized carbons (Fsp3) is 0.714. The minimum Gasteiger partial charge on any atom is -0.350 e. The van der Waals surface area contributed by atoms with Gasteiger partial charge in [-0.3, -0.25) is 9.48 Å². The van der Waals surface area contributed by atoms with Crippen LogP contribution in [-0.4, -0.2) is 27.6 Å². The molecule has 1 heterocycles. The summed E-state index contributed by atoms with van der Waals surface area (Å²) in [6, 6.07) is 1.87. The Hall–Kier alpha value is -1.03. The van der Waals surface area contributed by atoms with Crippen molar-refractivity contribution in [2.45, 2.75) is 44.4 Å². The number of nitrogens with one attached hydrogen (secondary N) is 1. The molecule has 0 spiro atoms. The number of carbonyl (C=O) groups is 1. The third-order valence-electron chi connectivity index (χ3n) is 3.85. The van der Waals surface area contributed by atoms with Crippen molar-refractivity contribution in [2.24, 2.45) is 13.0 Å². The number of aryl methyl sites for hydroxylation is 2. The first-order valence-electron chi connectivity index (χ1n) is 7.05. The van der Waals surface area contributed by atoms with Gasteiger partial charge >= 0.3 is 0 Å². The van der Waals surface area contributed by atoms with Gasteiger partial charge in [0.15, 0.2) is 0 Å². The van der Waals surface area contributed by atoms with E-state index < -0.39 is 0 Å². The molecule has 1 N–H and O–H groups in total. The molecular formula is C14H22ClN3O. The lowest BCUT2D eigenvalue weighted by Gasteiger charge is -2.24. The van der Waals surface area contributed by atoms with Gasteiger partial charge in [-0.05, 0) is 44.1 Å². The van der Waals surface area contributed by atoms with Crippen LogP contribution < -0.4 is 5.32 Å². The zero-order valence-electron chi connectivity index (χ0n) is 11.7. The largest absolute Gasteiger partial charge is 0.350 e. The van der Waals surface area contributed by atoms with Crippen LogP contribution in [0.4, 0.5) is 0 Å². The summed E-state index contributed by atoms with van der Waals surface area (Å²) in [6.45, 7) is 2.78. The predicted molar refractivity (Wildman–Crippen MR) is 76.5 cm³/mol. The lowest BCUT2D eigenvalue weighted by molar-refractivity contribution is 0.0934. The summed E-state index contributed by atoms with van der Waals surface area (Å²) in [6.07, 6.45) is 5.20. The number of halogens is 1. The Kier molecular flexibility index (Phi) is 4.86.